The van der Waals surface area contributed by atoms with Gasteiger partial charge in [0.2, 0.25) is 5.28 Å². The molecule has 0 atom stereocenters. The highest BCUT2D eigenvalue weighted by molar-refractivity contribution is 6.28. The highest BCUT2D eigenvalue weighted by Gasteiger charge is 2.09. The van der Waals surface area contributed by atoms with Crippen molar-refractivity contribution in [3.63, 3.8) is 0 Å². The second kappa shape index (κ2) is 5.27. The van der Waals surface area contributed by atoms with Crippen molar-refractivity contribution >= 4 is 11.6 Å². The minimum atomic E-state index is -0.268. The maximum atomic E-state index is 12.8. The SMILES string of the molecule is CCCCc1nc(Cl)nn1-c1ccc(F)cc1. The van der Waals surface area contributed by atoms with Gasteiger partial charge in [-0.2, -0.15) is 0 Å². The van der Waals surface area contributed by atoms with Crippen LogP contribution in [0.4, 0.5) is 4.39 Å². The number of hydrogen-bond acceptors (Lipinski definition) is 2. The predicted molar refractivity (Wildman–Crippen MR) is 64.9 cm³/mol. The van der Waals surface area contributed by atoms with E-state index < -0.39 is 0 Å². The Labute approximate surface area is 104 Å². The average Bonchev–Trinajstić information content (AvgIpc) is 2.69. The van der Waals surface area contributed by atoms with E-state index in [2.05, 4.69) is 17.0 Å². The summed E-state index contributed by atoms with van der Waals surface area (Å²) in [5.41, 5.74) is 0.775. The van der Waals surface area contributed by atoms with Crippen molar-refractivity contribution in [1.82, 2.24) is 14.8 Å². The van der Waals surface area contributed by atoms with Crippen LogP contribution in [-0.2, 0) is 6.42 Å². The van der Waals surface area contributed by atoms with Crippen LogP contribution in [0.5, 0.6) is 0 Å². The van der Waals surface area contributed by atoms with Gasteiger partial charge in [-0.15, -0.1) is 5.10 Å². The average molecular weight is 254 g/mol. The highest BCUT2D eigenvalue weighted by atomic mass is 35.5. The Morgan fingerprint density at radius 3 is 2.65 bits per heavy atom. The molecule has 0 unspecified atom stereocenters. The van der Waals surface area contributed by atoms with Crippen LogP contribution in [-0.4, -0.2) is 14.8 Å². The molecule has 90 valence electrons. The monoisotopic (exact) mass is 253 g/mol. The summed E-state index contributed by atoms with van der Waals surface area (Å²) in [6.07, 6.45) is 2.91. The number of aryl methyl sites for hydroxylation is 1. The summed E-state index contributed by atoms with van der Waals surface area (Å²) in [7, 11) is 0. The molecule has 0 radical (unpaired) electrons. The van der Waals surface area contributed by atoms with Gasteiger partial charge in [0.15, 0.2) is 0 Å². The topological polar surface area (TPSA) is 30.7 Å². The van der Waals surface area contributed by atoms with Gasteiger partial charge in [-0.1, -0.05) is 13.3 Å². The Bertz CT molecular complexity index is 493. The lowest BCUT2D eigenvalue weighted by molar-refractivity contribution is 0.626. The van der Waals surface area contributed by atoms with Crippen molar-refractivity contribution < 1.29 is 4.39 Å². The zero-order chi connectivity index (χ0) is 12.3. The third-order valence-corrected chi connectivity index (χ3v) is 2.63. The van der Waals surface area contributed by atoms with Crippen LogP contribution < -0.4 is 0 Å². The van der Waals surface area contributed by atoms with E-state index in [-0.39, 0.29) is 11.1 Å². The van der Waals surface area contributed by atoms with Gasteiger partial charge in [0.1, 0.15) is 11.6 Å². The van der Waals surface area contributed by atoms with E-state index in [9.17, 15) is 4.39 Å². The number of benzene rings is 1. The summed E-state index contributed by atoms with van der Waals surface area (Å²) in [6.45, 7) is 2.11. The minimum Gasteiger partial charge on any atom is -0.216 e. The predicted octanol–water partition coefficient (Wildman–Crippen LogP) is 3.40. The molecule has 2 rings (SSSR count). The third kappa shape index (κ3) is 2.82. The van der Waals surface area contributed by atoms with Gasteiger partial charge < -0.3 is 0 Å². The summed E-state index contributed by atoms with van der Waals surface area (Å²) in [5.74, 6) is 0.540. The highest BCUT2D eigenvalue weighted by Crippen LogP contribution is 2.14. The maximum absolute atomic E-state index is 12.8. The lowest BCUT2D eigenvalue weighted by Crippen LogP contribution is -2.03. The Balaban J connectivity index is 2.33. The van der Waals surface area contributed by atoms with Crippen molar-refractivity contribution in [2.24, 2.45) is 0 Å². The molecule has 1 aromatic carbocycles. The van der Waals surface area contributed by atoms with Crippen molar-refractivity contribution in [2.75, 3.05) is 0 Å². The molecule has 0 aliphatic carbocycles. The Morgan fingerprint density at radius 1 is 1.29 bits per heavy atom. The molecule has 0 saturated carbocycles. The van der Waals surface area contributed by atoms with E-state index in [1.807, 2.05) is 0 Å². The van der Waals surface area contributed by atoms with Crippen molar-refractivity contribution in [3.8, 4) is 5.69 Å². The summed E-state index contributed by atoms with van der Waals surface area (Å²) in [4.78, 5) is 4.17. The molecule has 0 bridgehead atoms. The van der Waals surface area contributed by atoms with Crippen LogP contribution in [0, 0.1) is 5.82 Å². The minimum absolute atomic E-state index is 0.223. The fourth-order valence-electron chi connectivity index (χ4n) is 1.60. The molecule has 1 heterocycles. The van der Waals surface area contributed by atoms with Crippen LogP contribution >= 0.6 is 11.6 Å². The van der Waals surface area contributed by atoms with E-state index in [4.69, 9.17) is 11.6 Å². The number of hydrogen-bond donors (Lipinski definition) is 0. The molecular weight excluding hydrogens is 241 g/mol. The molecular formula is C12H13ClFN3. The first-order chi connectivity index (χ1) is 8.20. The van der Waals surface area contributed by atoms with Crippen LogP contribution in [0.1, 0.15) is 25.6 Å². The number of halogens is 2. The van der Waals surface area contributed by atoms with Crippen LogP contribution in [0.25, 0.3) is 5.69 Å². The van der Waals surface area contributed by atoms with Gasteiger partial charge >= 0.3 is 0 Å². The van der Waals surface area contributed by atoms with E-state index in [1.54, 1.807) is 16.8 Å². The van der Waals surface area contributed by atoms with E-state index >= 15 is 0 Å². The van der Waals surface area contributed by atoms with Crippen molar-refractivity contribution in [2.45, 2.75) is 26.2 Å². The first kappa shape index (κ1) is 12.0. The summed E-state index contributed by atoms with van der Waals surface area (Å²) < 4.78 is 14.5. The molecule has 0 saturated heterocycles. The molecule has 0 aliphatic heterocycles. The van der Waals surface area contributed by atoms with Gasteiger partial charge in [0.25, 0.3) is 0 Å². The molecule has 0 aliphatic rings. The maximum Gasteiger partial charge on any atom is 0.243 e. The third-order valence-electron chi connectivity index (χ3n) is 2.47. The van der Waals surface area contributed by atoms with Crippen LogP contribution in [0.15, 0.2) is 24.3 Å². The largest absolute Gasteiger partial charge is 0.243 e. The molecule has 0 N–H and O–H groups in total. The quantitative estimate of drug-likeness (QED) is 0.836. The van der Waals surface area contributed by atoms with Crippen molar-refractivity contribution in [1.29, 1.82) is 0 Å². The summed E-state index contributed by atoms with van der Waals surface area (Å²) >= 11 is 5.81. The summed E-state index contributed by atoms with van der Waals surface area (Å²) in [5, 5.41) is 4.33. The molecule has 17 heavy (non-hydrogen) atoms. The Morgan fingerprint density at radius 2 is 2.00 bits per heavy atom. The standard InChI is InChI=1S/C12H13ClFN3/c1-2-3-4-11-15-12(13)16-17(11)10-7-5-9(14)6-8-10/h5-8H,2-4H2,1H3. The number of aromatic nitrogens is 3. The second-order valence-electron chi connectivity index (χ2n) is 3.79. The molecule has 0 fully saturated rings. The second-order valence-corrected chi connectivity index (χ2v) is 4.13. The van der Waals surface area contributed by atoms with Crippen molar-refractivity contribution in [3.05, 3.63) is 41.2 Å². The van der Waals surface area contributed by atoms with E-state index in [1.165, 1.54) is 12.1 Å². The van der Waals surface area contributed by atoms with Gasteiger partial charge in [-0.25, -0.2) is 14.1 Å². The van der Waals surface area contributed by atoms with Gasteiger partial charge in [-0.05, 0) is 42.3 Å². The first-order valence-electron chi connectivity index (χ1n) is 5.58. The number of nitrogens with zero attached hydrogens (tertiary/aromatic N) is 3. The number of rotatable bonds is 4. The zero-order valence-corrected chi connectivity index (χ0v) is 10.3. The lowest BCUT2D eigenvalue weighted by Gasteiger charge is -2.04. The van der Waals surface area contributed by atoms with Crippen LogP contribution in [0.3, 0.4) is 0 Å². The summed E-state index contributed by atoms with van der Waals surface area (Å²) in [6, 6.07) is 6.12. The Kier molecular flexibility index (Phi) is 3.74. The van der Waals surface area contributed by atoms with Gasteiger partial charge in [0, 0.05) is 6.42 Å². The zero-order valence-electron chi connectivity index (χ0n) is 9.53. The molecule has 1 aromatic heterocycles. The molecule has 5 heteroatoms. The van der Waals surface area contributed by atoms with E-state index in [0.29, 0.717) is 0 Å². The lowest BCUT2D eigenvalue weighted by atomic mass is 10.2. The fourth-order valence-corrected chi connectivity index (χ4v) is 1.78. The smallest absolute Gasteiger partial charge is 0.216 e. The normalized spacial score (nSPS) is 10.8. The van der Waals surface area contributed by atoms with Crippen LogP contribution in [0.2, 0.25) is 5.28 Å². The Hall–Kier alpha value is -1.42. The number of unbranched alkanes of at least 4 members (excludes halogenated alkanes) is 1. The van der Waals surface area contributed by atoms with E-state index in [0.717, 1.165) is 30.8 Å². The molecule has 0 amide bonds. The molecule has 0 spiro atoms. The first-order valence-corrected chi connectivity index (χ1v) is 5.96. The molecule has 2 aromatic rings. The molecule has 3 nitrogen and oxygen atoms in total. The van der Waals surface area contributed by atoms with Gasteiger partial charge in [0.05, 0.1) is 5.69 Å². The fraction of sp³-hybridized carbons (Fsp3) is 0.333. The van der Waals surface area contributed by atoms with Gasteiger partial charge in [-0.3, -0.25) is 0 Å².